The molecule has 0 saturated heterocycles. The van der Waals surface area contributed by atoms with Crippen molar-refractivity contribution in [2.24, 2.45) is 0 Å². The summed E-state index contributed by atoms with van der Waals surface area (Å²) in [6, 6.07) is 10.4. The number of benzene rings is 2. The Hall–Kier alpha value is -2.69. The van der Waals surface area contributed by atoms with Gasteiger partial charge in [0.25, 0.3) is 0 Å². The Kier molecular flexibility index (Phi) is 4.33. The molecule has 21 heavy (non-hydrogen) atoms. The fraction of sp³-hybridized carbons (Fsp3) is 0.188. The lowest BCUT2D eigenvalue weighted by atomic mass is 10.1. The molecule has 0 saturated carbocycles. The fourth-order valence-electron chi connectivity index (χ4n) is 2.01. The van der Waals surface area contributed by atoms with Crippen LogP contribution in [0.4, 0.5) is 11.4 Å². The number of ether oxygens (including phenoxy) is 2. The van der Waals surface area contributed by atoms with Crippen molar-refractivity contribution >= 4 is 17.3 Å². The normalized spacial score (nSPS) is 10.2. The first kappa shape index (κ1) is 14.7. The number of esters is 1. The maximum atomic E-state index is 12.1. The fourth-order valence-corrected chi connectivity index (χ4v) is 2.01. The Labute approximate surface area is 123 Å². The number of methoxy groups -OCH3 is 1. The Bertz CT molecular complexity index is 669. The molecule has 0 spiro atoms. The van der Waals surface area contributed by atoms with Gasteiger partial charge in [0.15, 0.2) is 0 Å². The van der Waals surface area contributed by atoms with Gasteiger partial charge >= 0.3 is 5.97 Å². The highest BCUT2D eigenvalue weighted by molar-refractivity contribution is 5.95. The summed E-state index contributed by atoms with van der Waals surface area (Å²) in [4.78, 5) is 12.1. The summed E-state index contributed by atoms with van der Waals surface area (Å²) < 4.78 is 10.5. The van der Waals surface area contributed by atoms with E-state index in [1.807, 2.05) is 25.1 Å². The predicted octanol–water partition coefficient (Wildman–Crippen LogP) is 2.53. The molecule has 0 unspecified atom stereocenters. The number of anilines is 2. The zero-order valence-corrected chi connectivity index (χ0v) is 12.1. The molecule has 0 aromatic heterocycles. The van der Waals surface area contributed by atoms with E-state index in [0.29, 0.717) is 22.7 Å². The minimum atomic E-state index is -0.490. The molecule has 0 aliphatic carbocycles. The molecule has 5 heteroatoms. The summed E-state index contributed by atoms with van der Waals surface area (Å²) in [6.07, 6.45) is 0. The van der Waals surface area contributed by atoms with Crippen molar-refractivity contribution in [1.82, 2.24) is 0 Å². The van der Waals surface area contributed by atoms with Crippen molar-refractivity contribution < 1.29 is 14.3 Å². The number of hydrogen-bond acceptors (Lipinski definition) is 5. The smallest absolute Gasteiger partial charge is 0.340 e. The van der Waals surface area contributed by atoms with Gasteiger partial charge in [-0.2, -0.15) is 0 Å². The SMILES string of the molecule is COc1ccc(C)cc1COC(=O)c1ccc(N)cc1N. The van der Waals surface area contributed by atoms with Crippen molar-refractivity contribution in [3.8, 4) is 5.75 Å². The van der Waals surface area contributed by atoms with Gasteiger partial charge in [0.05, 0.1) is 12.7 Å². The van der Waals surface area contributed by atoms with Crippen LogP contribution >= 0.6 is 0 Å². The quantitative estimate of drug-likeness (QED) is 0.666. The molecule has 4 N–H and O–H groups in total. The second-order valence-electron chi connectivity index (χ2n) is 4.74. The number of aryl methyl sites for hydroxylation is 1. The minimum absolute atomic E-state index is 0.119. The highest BCUT2D eigenvalue weighted by atomic mass is 16.5. The highest BCUT2D eigenvalue weighted by Gasteiger charge is 2.13. The second-order valence-corrected chi connectivity index (χ2v) is 4.74. The average Bonchev–Trinajstić information content (AvgIpc) is 2.45. The molecule has 5 nitrogen and oxygen atoms in total. The largest absolute Gasteiger partial charge is 0.496 e. The molecule has 0 heterocycles. The van der Waals surface area contributed by atoms with Crippen LogP contribution in [0.3, 0.4) is 0 Å². The van der Waals surface area contributed by atoms with Gasteiger partial charge in [-0.3, -0.25) is 0 Å². The number of carbonyl (C=O) groups is 1. The van der Waals surface area contributed by atoms with Crippen LogP contribution < -0.4 is 16.2 Å². The zero-order chi connectivity index (χ0) is 15.4. The molecule has 0 amide bonds. The van der Waals surface area contributed by atoms with Crippen LogP contribution in [0.1, 0.15) is 21.5 Å². The van der Waals surface area contributed by atoms with Crippen molar-refractivity contribution in [3.63, 3.8) is 0 Å². The van der Waals surface area contributed by atoms with Gasteiger partial charge in [-0.25, -0.2) is 4.79 Å². The maximum Gasteiger partial charge on any atom is 0.340 e. The molecular weight excluding hydrogens is 268 g/mol. The van der Waals surface area contributed by atoms with E-state index in [0.717, 1.165) is 11.1 Å². The molecule has 0 radical (unpaired) electrons. The van der Waals surface area contributed by atoms with Gasteiger partial charge in [0, 0.05) is 16.9 Å². The molecule has 0 fully saturated rings. The van der Waals surface area contributed by atoms with Gasteiger partial charge in [-0.05, 0) is 37.3 Å². The average molecular weight is 286 g/mol. The van der Waals surface area contributed by atoms with Gasteiger partial charge in [0.2, 0.25) is 0 Å². The van der Waals surface area contributed by atoms with Crippen molar-refractivity contribution in [2.45, 2.75) is 13.5 Å². The summed E-state index contributed by atoms with van der Waals surface area (Å²) in [5.41, 5.74) is 14.3. The summed E-state index contributed by atoms with van der Waals surface area (Å²) in [6.45, 7) is 2.08. The van der Waals surface area contributed by atoms with Crippen LogP contribution in [-0.2, 0) is 11.3 Å². The second kappa shape index (κ2) is 6.17. The Balaban J connectivity index is 2.12. The number of carbonyl (C=O) groups excluding carboxylic acids is 1. The van der Waals surface area contributed by atoms with E-state index in [1.54, 1.807) is 19.2 Å². The first-order valence-electron chi connectivity index (χ1n) is 6.47. The lowest BCUT2D eigenvalue weighted by Gasteiger charge is -2.11. The summed E-state index contributed by atoms with van der Waals surface area (Å²) in [5.74, 6) is 0.190. The van der Waals surface area contributed by atoms with E-state index >= 15 is 0 Å². The minimum Gasteiger partial charge on any atom is -0.496 e. The molecule has 0 bridgehead atoms. The first-order valence-corrected chi connectivity index (χ1v) is 6.47. The zero-order valence-electron chi connectivity index (χ0n) is 12.1. The summed E-state index contributed by atoms with van der Waals surface area (Å²) >= 11 is 0. The van der Waals surface area contributed by atoms with Crippen molar-refractivity contribution in [3.05, 3.63) is 53.1 Å². The van der Waals surface area contributed by atoms with E-state index in [9.17, 15) is 4.79 Å². The standard InChI is InChI=1S/C16H18N2O3/c1-10-3-6-15(20-2)11(7-10)9-21-16(19)13-5-4-12(17)8-14(13)18/h3-8H,9,17-18H2,1-2H3. The third-order valence-corrected chi connectivity index (χ3v) is 3.09. The first-order chi connectivity index (χ1) is 10.0. The van der Waals surface area contributed by atoms with Crippen LogP contribution in [0.2, 0.25) is 0 Å². The van der Waals surface area contributed by atoms with Crippen LogP contribution in [0.5, 0.6) is 5.75 Å². The monoisotopic (exact) mass is 286 g/mol. The van der Waals surface area contributed by atoms with E-state index in [-0.39, 0.29) is 6.61 Å². The number of rotatable bonds is 4. The van der Waals surface area contributed by atoms with Gasteiger partial charge < -0.3 is 20.9 Å². The van der Waals surface area contributed by atoms with Crippen LogP contribution in [0, 0.1) is 6.92 Å². The number of hydrogen-bond donors (Lipinski definition) is 2. The van der Waals surface area contributed by atoms with Crippen LogP contribution in [0.25, 0.3) is 0 Å². The summed E-state index contributed by atoms with van der Waals surface area (Å²) in [7, 11) is 1.58. The number of nitrogen functional groups attached to an aromatic ring is 2. The van der Waals surface area contributed by atoms with E-state index in [4.69, 9.17) is 20.9 Å². The van der Waals surface area contributed by atoms with Crippen molar-refractivity contribution in [2.75, 3.05) is 18.6 Å². The van der Waals surface area contributed by atoms with Gasteiger partial charge in [-0.15, -0.1) is 0 Å². The topological polar surface area (TPSA) is 87.6 Å². The molecule has 0 atom stereocenters. The van der Waals surface area contributed by atoms with Gasteiger partial charge in [0.1, 0.15) is 12.4 Å². The number of nitrogens with two attached hydrogens (primary N) is 2. The van der Waals surface area contributed by atoms with E-state index in [1.165, 1.54) is 6.07 Å². The van der Waals surface area contributed by atoms with E-state index in [2.05, 4.69) is 0 Å². The Morgan fingerprint density at radius 3 is 2.57 bits per heavy atom. The summed E-state index contributed by atoms with van der Waals surface area (Å²) in [5, 5.41) is 0. The molecule has 2 aromatic rings. The maximum absolute atomic E-state index is 12.1. The van der Waals surface area contributed by atoms with Crippen LogP contribution in [-0.4, -0.2) is 13.1 Å². The molecule has 2 aromatic carbocycles. The van der Waals surface area contributed by atoms with Crippen molar-refractivity contribution in [1.29, 1.82) is 0 Å². The highest BCUT2D eigenvalue weighted by Crippen LogP contribution is 2.22. The van der Waals surface area contributed by atoms with Crippen LogP contribution in [0.15, 0.2) is 36.4 Å². The lowest BCUT2D eigenvalue weighted by Crippen LogP contribution is -2.09. The molecule has 2 rings (SSSR count). The van der Waals surface area contributed by atoms with Gasteiger partial charge in [-0.1, -0.05) is 11.6 Å². The Morgan fingerprint density at radius 1 is 1.14 bits per heavy atom. The molecule has 110 valence electrons. The Morgan fingerprint density at radius 2 is 1.90 bits per heavy atom. The third-order valence-electron chi connectivity index (χ3n) is 3.09. The lowest BCUT2D eigenvalue weighted by molar-refractivity contribution is 0.0471. The molecule has 0 aliphatic heterocycles. The third kappa shape index (κ3) is 3.45. The molecular formula is C16H18N2O3. The molecule has 0 aliphatic rings. The van der Waals surface area contributed by atoms with E-state index < -0.39 is 5.97 Å². The predicted molar refractivity (Wildman–Crippen MR) is 82.1 cm³/mol.